The molecular weight excluding hydrogens is 532 g/mol. The Morgan fingerprint density at radius 1 is 1.02 bits per heavy atom. The van der Waals surface area contributed by atoms with E-state index in [4.69, 9.17) is 0 Å². The number of benzene rings is 2. The SMILES string of the molecule is CCCN(CCC)C(=O)c1cc(C)cc(C(=O)N[C@@H](Cc2cc(F)cc(F)c2)[C@@H](O)[C@H](O)CN2CCC[C@@H]2CO)c1. The molecule has 10 heteroatoms. The third kappa shape index (κ3) is 9.03. The third-order valence-electron chi connectivity index (χ3n) is 7.49. The van der Waals surface area contributed by atoms with E-state index in [0.717, 1.165) is 43.9 Å². The second-order valence-corrected chi connectivity index (χ2v) is 11.0. The first-order valence-corrected chi connectivity index (χ1v) is 14.4. The fraction of sp³-hybridized carbons (Fsp3) is 0.548. The number of rotatable bonds is 14. The zero-order valence-corrected chi connectivity index (χ0v) is 24.2. The lowest BCUT2D eigenvalue weighted by Gasteiger charge is -2.32. The monoisotopic (exact) mass is 575 g/mol. The first-order chi connectivity index (χ1) is 19.6. The van der Waals surface area contributed by atoms with Crippen LogP contribution in [0.1, 0.15) is 71.4 Å². The van der Waals surface area contributed by atoms with Crippen LogP contribution in [-0.2, 0) is 6.42 Å². The normalized spacial score (nSPS) is 17.7. The van der Waals surface area contributed by atoms with Crippen LogP contribution in [0.4, 0.5) is 8.78 Å². The fourth-order valence-electron chi connectivity index (χ4n) is 5.53. The Kier molecular flexibility index (Phi) is 12.2. The standard InChI is InChI=1S/C31H43F2N3O5/c1-4-8-35(9-5-2)31(41)23-12-20(3)11-22(16-23)30(40)34-27(15-21-13-24(32)17-25(33)14-21)29(39)28(38)18-36-10-6-7-26(36)19-37/h11-14,16-17,26-29,37-39H,4-10,15,18-19H2,1-3H3,(H,34,40)/t26-,27+,28-,29-/m1/s1. The van der Waals surface area contributed by atoms with Crippen LogP contribution in [0.3, 0.4) is 0 Å². The minimum Gasteiger partial charge on any atom is -0.395 e. The average Bonchev–Trinajstić information content (AvgIpc) is 3.37. The van der Waals surface area contributed by atoms with Crippen molar-refractivity contribution in [3.63, 3.8) is 0 Å². The largest absolute Gasteiger partial charge is 0.395 e. The summed E-state index contributed by atoms with van der Waals surface area (Å²) in [6.45, 7) is 7.56. The number of nitrogens with one attached hydrogen (secondary N) is 1. The molecule has 0 aliphatic carbocycles. The molecule has 0 bridgehead atoms. The van der Waals surface area contributed by atoms with E-state index in [-0.39, 0.29) is 42.6 Å². The molecule has 0 unspecified atom stereocenters. The molecule has 4 atom stereocenters. The van der Waals surface area contributed by atoms with Crippen LogP contribution in [0, 0.1) is 18.6 Å². The van der Waals surface area contributed by atoms with Crippen LogP contribution in [0.2, 0.25) is 0 Å². The van der Waals surface area contributed by atoms with Gasteiger partial charge in [0.15, 0.2) is 0 Å². The van der Waals surface area contributed by atoms with Gasteiger partial charge in [-0.15, -0.1) is 0 Å². The molecule has 2 amide bonds. The van der Waals surface area contributed by atoms with E-state index in [1.807, 2.05) is 18.7 Å². The van der Waals surface area contributed by atoms with Gasteiger partial charge in [-0.2, -0.15) is 0 Å². The van der Waals surface area contributed by atoms with Crippen LogP contribution in [-0.4, -0.2) is 94.0 Å². The number of β-amino-alcohol motifs (C(OH)–C–C–N with tert-alkyl or cyclic N) is 1. The predicted molar refractivity (Wildman–Crippen MR) is 153 cm³/mol. The summed E-state index contributed by atoms with van der Waals surface area (Å²) in [5, 5.41) is 34.5. The first-order valence-electron chi connectivity index (χ1n) is 14.4. The highest BCUT2D eigenvalue weighted by Gasteiger charge is 2.33. The molecule has 1 heterocycles. The van der Waals surface area contributed by atoms with Gasteiger partial charge in [0.05, 0.1) is 18.8 Å². The average molecular weight is 576 g/mol. The summed E-state index contributed by atoms with van der Waals surface area (Å²) in [5.41, 5.74) is 1.45. The molecule has 1 fully saturated rings. The molecular formula is C31H43F2N3O5. The van der Waals surface area contributed by atoms with Gasteiger partial charge in [0.1, 0.15) is 17.7 Å². The quantitative estimate of drug-likeness (QED) is 0.276. The highest BCUT2D eigenvalue weighted by molar-refractivity contribution is 6.00. The number of aryl methyl sites for hydroxylation is 1. The maximum Gasteiger partial charge on any atom is 0.253 e. The zero-order chi connectivity index (χ0) is 30.1. The summed E-state index contributed by atoms with van der Waals surface area (Å²) >= 11 is 0. The summed E-state index contributed by atoms with van der Waals surface area (Å²) in [6.07, 6.45) is 0.260. The fourth-order valence-corrected chi connectivity index (χ4v) is 5.53. The number of halogens is 2. The first kappa shape index (κ1) is 32.6. The van der Waals surface area contributed by atoms with Crippen molar-refractivity contribution in [2.24, 2.45) is 0 Å². The van der Waals surface area contributed by atoms with E-state index in [9.17, 15) is 33.7 Å². The molecule has 0 aromatic heterocycles. The smallest absolute Gasteiger partial charge is 0.253 e. The Hall–Kier alpha value is -2.92. The van der Waals surface area contributed by atoms with E-state index < -0.39 is 35.8 Å². The molecule has 1 aliphatic heterocycles. The van der Waals surface area contributed by atoms with Gasteiger partial charge in [-0.3, -0.25) is 14.5 Å². The Bertz CT molecular complexity index is 1150. The molecule has 0 spiro atoms. The van der Waals surface area contributed by atoms with Gasteiger partial charge >= 0.3 is 0 Å². The Morgan fingerprint density at radius 2 is 1.66 bits per heavy atom. The number of likely N-dealkylation sites (tertiary alicyclic amines) is 1. The summed E-state index contributed by atoms with van der Waals surface area (Å²) in [5.74, 6) is -2.37. The number of carbonyl (C=O) groups excluding carboxylic acids is 2. The maximum atomic E-state index is 14.0. The molecule has 3 rings (SSSR count). The van der Waals surface area contributed by atoms with Gasteiger partial charge in [0.25, 0.3) is 11.8 Å². The summed E-state index contributed by atoms with van der Waals surface area (Å²) in [4.78, 5) is 30.3. The van der Waals surface area contributed by atoms with Gasteiger partial charge in [0, 0.05) is 42.9 Å². The molecule has 2 aromatic carbocycles. The second-order valence-electron chi connectivity index (χ2n) is 11.0. The highest BCUT2D eigenvalue weighted by atomic mass is 19.1. The minimum atomic E-state index is -1.49. The minimum absolute atomic E-state index is 0.0596. The van der Waals surface area contributed by atoms with E-state index in [0.29, 0.717) is 30.8 Å². The molecule has 1 aliphatic rings. The Labute approximate surface area is 241 Å². The van der Waals surface area contributed by atoms with Crippen molar-refractivity contribution in [1.29, 1.82) is 0 Å². The van der Waals surface area contributed by atoms with E-state index in [2.05, 4.69) is 5.32 Å². The van der Waals surface area contributed by atoms with Crippen LogP contribution in [0.15, 0.2) is 36.4 Å². The van der Waals surface area contributed by atoms with Crippen molar-refractivity contribution in [1.82, 2.24) is 15.1 Å². The van der Waals surface area contributed by atoms with Crippen LogP contribution in [0.5, 0.6) is 0 Å². The van der Waals surface area contributed by atoms with E-state index >= 15 is 0 Å². The molecule has 4 N–H and O–H groups in total. The lowest BCUT2D eigenvalue weighted by atomic mass is 9.96. The second kappa shape index (κ2) is 15.3. The number of aliphatic hydroxyl groups is 3. The van der Waals surface area contributed by atoms with Gasteiger partial charge in [-0.05, 0) is 87.0 Å². The lowest BCUT2D eigenvalue weighted by molar-refractivity contribution is -0.0253. The van der Waals surface area contributed by atoms with E-state index in [1.54, 1.807) is 24.0 Å². The molecule has 226 valence electrons. The Balaban J connectivity index is 1.86. The van der Waals surface area contributed by atoms with Crippen molar-refractivity contribution in [2.75, 3.05) is 32.8 Å². The van der Waals surface area contributed by atoms with Crippen molar-refractivity contribution in [3.05, 3.63) is 70.3 Å². The van der Waals surface area contributed by atoms with Crippen LogP contribution < -0.4 is 5.32 Å². The lowest BCUT2D eigenvalue weighted by Crippen LogP contribution is -2.53. The molecule has 41 heavy (non-hydrogen) atoms. The molecule has 0 radical (unpaired) electrons. The van der Waals surface area contributed by atoms with Gasteiger partial charge in [0.2, 0.25) is 0 Å². The van der Waals surface area contributed by atoms with Crippen molar-refractivity contribution >= 4 is 11.8 Å². The predicted octanol–water partition coefficient (Wildman–Crippen LogP) is 3.06. The molecule has 1 saturated heterocycles. The highest BCUT2D eigenvalue weighted by Crippen LogP contribution is 2.20. The van der Waals surface area contributed by atoms with Gasteiger partial charge < -0.3 is 25.5 Å². The van der Waals surface area contributed by atoms with Gasteiger partial charge in [-0.25, -0.2) is 8.78 Å². The summed E-state index contributed by atoms with van der Waals surface area (Å²) in [7, 11) is 0. The number of aliphatic hydroxyl groups excluding tert-OH is 3. The number of hydrogen-bond acceptors (Lipinski definition) is 6. The van der Waals surface area contributed by atoms with Crippen LogP contribution in [0.25, 0.3) is 0 Å². The summed E-state index contributed by atoms with van der Waals surface area (Å²) < 4.78 is 27.9. The number of nitrogens with zero attached hydrogens (tertiary/aromatic N) is 2. The Morgan fingerprint density at radius 3 is 2.27 bits per heavy atom. The number of carbonyl (C=O) groups is 2. The summed E-state index contributed by atoms with van der Waals surface area (Å²) in [6, 6.07) is 6.56. The molecule has 0 saturated carbocycles. The topological polar surface area (TPSA) is 113 Å². The number of hydrogen-bond donors (Lipinski definition) is 4. The van der Waals surface area contributed by atoms with Crippen molar-refractivity contribution in [2.45, 2.75) is 77.2 Å². The number of amides is 2. The maximum absolute atomic E-state index is 14.0. The van der Waals surface area contributed by atoms with Crippen molar-refractivity contribution < 1.29 is 33.7 Å². The van der Waals surface area contributed by atoms with Crippen molar-refractivity contribution in [3.8, 4) is 0 Å². The molecule has 8 nitrogen and oxygen atoms in total. The van der Waals surface area contributed by atoms with Crippen LogP contribution >= 0.6 is 0 Å². The van der Waals surface area contributed by atoms with E-state index in [1.165, 1.54) is 6.07 Å². The zero-order valence-electron chi connectivity index (χ0n) is 24.2. The van der Waals surface area contributed by atoms with Gasteiger partial charge in [-0.1, -0.05) is 13.8 Å². The molecule has 2 aromatic rings. The third-order valence-corrected chi connectivity index (χ3v) is 7.49.